The summed E-state index contributed by atoms with van der Waals surface area (Å²) in [4.78, 5) is 12.2. The first-order chi connectivity index (χ1) is 11.9. The van der Waals surface area contributed by atoms with Crippen molar-refractivity contribution in [3.63, 3.8) is 0 Å². The van der Waals surface area contributed by atoms with Crippen molar-refractivity contribution in [2.24, 2.45) is 5.92 Å². The number of benzene rings is 1. The van der Waals surface area contributed by atoms with Crippen LogP contribution in [0.2, 0.25) is 0 Å². The predicted molar refractivity (Wildman–Crippen MR) is 90.4 cm³/mol. The van der Waals surface area contributed by atoms with Crippen LogP contribution in [0.3, 0.4) is 0 Å². The second-order valence-corrected chi connectivity index (χ2v) is 6.94. The highest BCUT2D eigenvalue weighted by Gasteiger charge is 2.64. The van der Waals surface area contributed by atoms with Gasteiger partial charge in [-0.05, 0) is 18.6 Å². The van der Waals surface area contributed by atoms with Gasteiger partial charge in [-0.25, -0.2) is 4.79 Å². The third-order valence-electron chi connectivity index (χ3n) is 5.27. The summed E-state index contributed by atoms with van der Waals surface area (Å²) < 4.78 is 16.3. The zero-order valence-electron chi connectivity index (χ0n) is 14.4. The van der Waals surface area contributed by atoms with E-state index in [1.165, 1.54) is 13.2 Å². The molecule has 0 radical (unpaired) electrons. The van der Waals surface area contributed by atoms with Gasteiger partial charge < -0.3 is 24.4 Å². The highest BCUT2D eigenvalue weighted by Crippen LogP contribution is 2.50. The van der Waals surface area contributed by atoms with Crippen LogP contribution >= 0.6 is 0 Å². The molecule has 1 saturated carbocycles. The molecule has 1 heterocycles. The van der Waals surface area contributed by atoms with Crippen molar-refractivity contribution in [3.8, 4) is 0 Å². The number of fused-ring (bicyclic) bond motifs is 1. The van der Waals surface area contributed by atoms with Gasteiger partial charge in [0.2, 0.25) is 0 Å². The number of hydrogen-bond donors (Lipinski definition) is 2. The number of hydrogen-bond acceptors (Lipinski definition) is 6. The van der Waals surface area contributed by atoms with Crippen LogP contribution in [0.15, 0.2) is 36.4 Å². The van der Waals surface area contributed by atoms with Crippen molar-refractivity contribution in [2.75, 3.05) is 13.7 Å². The first kappa shape index (κ1) is 18.1. The first-order valence-corrected chi connectivity index (χ1v) is 8.38. The Morgan fingerprint density at radius 3 is 2.72 bits per heavy atom. The minimum absolute atomic E-state index is 0.141. The van der Waals surface area contributed by atoms with Gasteiger partial charge in [-0.1, -0.05) is 30.3 Å². The highest BCUT2D eigenvalue weighted by atomic mass is 16.7. The molecule has 0 aromatic heterocycles. The summed E-state index contributed by atoms with van der Waals surface area (Å²) in [6.07, 6.45) is 1.73. The maximum atomic E-state index is 12.2. The Morgan fingerprint density at radius 2 is 2.04 bits per heavy atom. The molecule has 0 spiro atoms. The number of carbonyl (C=O) groups excluding carboxylic acids is 1. The number of carbonyl (C=O) groups is 1. The number of aliphatic hydroxyl groups excluding tert-OH is 1. The van der Waals surface area contributed by atoms with Gasteiger partial charge >= 0.3 is 5.97 Å². The van der Waals surface area contributed by atoms with E-state index in [-0.39, 0.29) is 19.4 Å². The van der Waals surface area contributed by atoms with Gasteiger partial charge in [0.05, 0.1) is 18.6 Å². The summed E-state index contributed by atoms with van der Waals surface area (Å²) >= 11 is 0. The quantitative estimate of drug-likeness (QED) is 0.634. The third kappa shape index (κ3) is 3.48. The largest absolute Gasteiger partial charge is 0.456 e. The van der Waals surface area contributed by atoms with E-state index < -0.39 is 35.5 Å². The number of rotatable bonds is 4. The zero-order valence-corrected chi connectivity index (χ0v) is 14.4. The van der Waals surface area contributed by atoms with E-state index >= 15 is 0 Å². The second-order valence-electron chi connectivity index (χ2n) is 6.94. The SMILES string of the molecule is CO[C@H]1C[C@@]2(O)[C@H](O)C[C@](C)(OC(=O)/C=C/c3ccccc3)[C@H]2CO1. The molecule has 136 valence electrons. The fourth-order valence-electron chi connectivity index (χ4n) is 3.85. The summed E-state index contributed by atoms with van der Waals surface area (Å²) in [6, 6.07) is 9.41. The number of esters is 1. The molecule has 25 heavy (non-hydrogen) atoms. The van der Waals surface area contributed by atoms with Gasteiger partial charge in [0.15, 0.2) is 6.29 Å². The molecule has 6 nitrogen and oxygen atoms in total. The normalized spacial score (nSPS) is 37.8. The molecule has 5 atom stereocenters. The molecule has 6 heteroatoms. The average Bonchev–Trinajstić information content (AvgIpc) is 2.79. The van der Waals surface area contributed by atoms with Crippen molar-refractivity contribution in [3.05, 3.63) is 42.0 Å². The fourth-order valence-corrected chi connectivity index (χ4v) is 3.85. The molecular formula is C19H24O6. The molecule has 0 bridgehead atoms. The molecule has 1 aliphatic heterocycles. The van der Waals surface area contributed by atoms with E-state index in [1.807, 2.05) is 30.3 Å². The van der Waals surface area contributed by atoms with Gasteiger partial charge in [-0.15, -0.1) is 0 Å². The van der Waals surface area contributed by atoms with Crippen LogP contribution in [0.25, 0.3) is 6.08 Å². The van der Waals surface area contributed by atoms with E-state index in [9.17, 15) is 15.0 Å². The van der Waals surface area contributed by atoms with Crippen molar-refractivity contribution in [2.45, 2.75) is 43.4 Å². The lowest BCUT2D eigenvalue weighted by molar-refractivity contribution is -0.249. The second kappa shape index (κ2) is 6.88. The Labute approximate surface area is 147 Å². The van der Waals surface area contributed by atoms with Crippen molar-refractivity contribution in [1.82, 2.24) is 0 Å². The molecule has 0 unspecified atom stereocenters. The fraction of sp³-hybridized carbons (Fsp3) is 0.526. The Bertz CT molecular complexity index is 645. The summed E-state index contributed by atoms with van der Waals surface area (Å²) in [5.74, 6) is -1.04. The van der Waals surface area contributed by atoms with Gasteiger partial charge in [-0.3, -0.25) is 0 Å². The number of ether oxygens (including phenoxy) is 3. The maximum Gasteiger partial charge on any atom is 0.331 e. The lowest BCUT2D eigenvalue weighted by atomic mass is 9.80. The summed E-state index contributed by atoms with van der Waals surface area (Å²) in [5.41, 5.74) is -1.52. The first-order valence-electron chi connectivity index (χ1n) is 8.38. The zero-order chi connectivity index (χ0) is 18.1. The smallest absolute Gasteiger partial charge is 0.331 e. The van der Waals surface area contributed by atoms with Crippen LogP contribution in [0.4, 0.5) is 0 Å². The summed E-state index contributed by atoms with van der Waals surface area (Å²) in [7, 11) is 1.49. The molecule has 3 rings (SSSR count). The molecule has 1 aromatic carbocycles. The molecular weight excluding hydrogens is 324 g/mol. The lowest BCUT2D eigenvalue weighted by Gasteiger charge is -2.43. The molecule has 1 saturated heterocycles. The predicted octanol–water partition coefficient (Wildman–Crippen LogP) is 1.51. The van der Waals surface area contributed by atoms with E-state index in [0.29, 0.717) is 0 Å². The minimum Gasteiger partial charge on any atom is -0.456 e. The third-order valence-corrected chi connectivity index (χ3v) is 5.27. The summed E-state index contributed by atoms with van der Waals surface area (Å²) in [5, 5.41) is 21.3. The number of aliphatic hydroxyl groups is 2. The molecule has 0 amide bonds. The Kier molecular flexibility index (Phi) is 4.97. The van der Waals surface area contributed by atoms with Gasteiger partial charge in [0.25, 0.3) is 0 Å². The minimum atomic E-state index is -1.39. The topological polar surface area (TPSA) is 85.2 Å². The van der Waals surface area contributed by atoms with Crippen LogP contribution in [0, 0.1) is 5.92 Å². The molecule has 2 fully saturated rings. The molecule has 2 aliphatic rings. The Hall–Kier alpha value is -1.73. The number of methoxy groups -OCH3 is 1. The maximum absolute atomic E-state index is 12.2. The molecule has 2 N–H and O–H groups in total. The van der Waals surface area contributed by atoms with Gasteiger partial charge in [-0.2, -0.15) is 0 Å². The monoisotopic (exact) mass is 348 g/mol. The highest BCUT2D eigenvalue weighted by molar-refractivity contribution is 5.87. The van der Waals surface area contributed by atoms with Gasteiger partial charge in [0.1, 0.15) is 11.2 Å². The molecule has 1 aromatic rings. The van der Waals surface area contributed by atoms with Crippen LogP contribution < -0.4 is 0 Å². The van der Waals surface area contributed by atoms with E-state index in [0.717, 1.165) is 5.56 Å². The van der Waals surface area contributed by atoms with Crippen LogP contribution in [-0.2, 0) is 19.0 Å². The van der Waals surface area contributed by atoms with E-state index in [1.54, 1.807) is 13.0 Å². The Morgan fingerprint density at radius 1 is 1.32 bits per heavy atom. The van der Waals surface area contributed by atoms with Crippen LogP contribution in [0.5, 0.6) is 0 Å². The van der Waals surface area contributed by atoms with E-state index in [2.05, 4.69) is 0 Å². The van der Waals surface area contributed by atoms with E-state index in [4.69, 9.17) is 14.2 Å². The van der Waals surface area contributed by atoms with Gasteiger partial charge in [0, 0.05) is 26.0 Å². The summed E-state index contributed by atoms with van der Waals surface area (Å²) in [6.45, 7) is 1.88. The van der Waals surface area contributed by atoms with Crippen molar-refractivity contribution < 1.29 is 29.2 Å². The van der Waals surface area contributed by atoms with Crippen LogP contribution in [-0.4, -0.2) is 53.5 Å². The Balaban J connectivity index is 1.71. The van der Waals surface area contributed by atoms with Crippen molar-refractivity contribution >= 4 is 12.0 Å². The average molecular weight is 348 g/mol. The van der Waals surface area contributed by atoms with Crippen molar-refractivity contribution in [1.29, 1.82) is 0 Å². The lowest BCUT2D eigenvalue weighted by Crippen LogP contribution is -2.56. The standard InChI is InChI=1S/C19H24O6/c1-18(25-16(21)9-8-13-6-4-3-5-7-13)10-15(20)19(22)11-17(23-2)24-12-14(18)19/h3-9,14-15,17,20,22H,10-12H2,1-2H3/b9-8+/t14-,15-,17-,18+,19+/m1/s1. The molecule has 1 aliphatic carbocycles. The van der Waals surface area contributed by atoms with Crippen LogP contribution in [0.1, 0.15) is 25.3 Å².